The van der Waals surface area contributed by atoms with Gasteiger partial charge in [-0.05, 0) is 26.7 Å². The molecule has 0 amide bonds. The average molecular weight is 202 g/mol. The highest BCUT2D eigenvalue weighted by Crippen LogP contribution is 1.96. The molecule has 0 radical (unpaired) electrons. The van der Waals surface area contributed by atoms with Gasteiger partial charge < -0.3 is 10.2 Å². The predicted octanol–water partition coefficient (Wildman–Crippen LogP) is 2.92. The monoisotopic (exact) mass is 202 g/mol. The van der Waals surface area contributed by atoms with Gasteiger partial charge in [0.1, 0.15) is 0 Å². The minimum Gasteiger partial charge on any atom is -0.396 e. The van der Waals surface area contributed by atoms with Crippen molar-refractivity contribution in [3.05, 3.63) is 25.3 Å². The Bertz CT molecular complexity index is 78.3. The van der Waals surface area contributed by atoms with E-state index in [0.29, 0.717) is 0 Å². The lowest BCUT2D eigenvalue weighted by Gasteiger charge is -1.93. The zero-order chi connectivity index (χ0) is 11.7. The molecule has 0 bridgehead atoms. The van der Waals surface area contributed by atoms with Crippen LogP contribution in [0.25, 0.3) is 0 Å². The molecule has 0 aliphatic rings. The lowest BCUT2D eigenvalue weighted by atomic mass is 10.2. The van der Waals surface area contributed by atoms with Gasteiger partial charge in [-0.1, -0.05) is 25.0 Å². The first-order valence-electron chi connectivity index (χ1n) is 5.10. The summed E-state index contributed by atoms with van der Waals surface area (Å²) in [6, 6.07) is 0. The lowest BCUT2D eigenvalue weighted by Crippen LogP contribution is -1.85. The van der Waals surface area contributed by atoms with E-state index < -0.39 is 0 Å². The molecule has 0 spiro atoms. The standard InChI is InChI=1S/C6H14O2.2C3H6/c7-5-3-1-2-4-6-8;2*1-3-2/h7-8H,1-6H2;2*3H,1H2,2H3. The molecule has 0 aliphatic carbocycles. The molecule has 14 heavy (non-hydrogen) atoms. The van der Waals surface area contributed by atoms with Gasteiger partial charge in [0.2, 0.25) is 0 Å². The third-order valence-corrected chi connectivity index (χ3v) is 1.07. The molecule has 0 heterocycles. The third-order valence-electron chi connectivity index (χ3n) is 1.07. The number of unbranched alkanes of at least 4 members (excludes halogenated alkanes) is 3. The second kappa shape index (κ2) is 29.4. The SMILES string of the molecule is C=CC.C=CC.OCCCCCCO. The summed E-state index contributed by atoms with van der Waals surface area (Å²) in [6.45, 7) is 11.1. The van der Waals surface area contributed by atoms with Crippen LogP contribution in [0, 0.1) is 0 Å². The Morgan fingerprint density at radius 2 is 1.00 bits per heavy atom. The number of aliphatic hydroxyl groups excluding tert-OH is 2. The Balaban J connectivity index is -0.000000168. The van der Waals surface area contributed by atoms with E-state index in [4.69, 9.17) is 10.2 Å². The zero-order valence-corrected chi connectivity index (χ0v) is 9.71. The highest BCUT2D eigenvalue weighted by atomic mass is 16.3. The van der Waals surface area contributed by atoms with Gasteiger partial charge in [-0.25, -0.2) is 0 Å². The van der Waals surface area contributed by atoms with Crippen LogP contribution in [0.4, 0.5) is 0 Å². The maximum absolute atomic E-state index is 8.30. The molecule has 0 saturated heterocycles. The van der Waals surface area contributed by atoms with Crippen molar-refractivity contribution in [1.29, 1.82) is 0 Å². The molecule has 0 aromatic rings. The van der Waals surface area contributed by atoms with Crippen molar-refractivity contribution < 1.29 is 10.2 Å². The first kappa shape index (κ1) is 19.0. The third kappa shape index (κ3) is 63.7. The maximum atomic E-state index is 8.30. The summed E-state index contributed by atoms with van der Waals surface area (Å²) in [5.74, 6) is 0. The number of allylic oxidation sites excluding steroid dienone is 2. The first-order valence-corrected chi connectivity index (χ1v) is 5.10. The fraction of sp³-hybridized carbons (Fsp3) is 0.667. The highest BCUT2D eigenvalue weighted by Gasteiger charge is 1.84. The number of aliphatic hydroxyl groups is 2. The van der Waals surface area contributed by atoms with Gasteiger partial charge in [0.05, 0.1) is 0 Å². The molecule has 2 N–H and O–H groups in total. The average Bonchev–Trinajstić information content (AvgIpc) is 2.15. The van der Waals surface area contributed by atoms with Crippen molar-refractivity contribution in [1.82, 2.24) is 0 Å². The van der Waals surface area contributed by atoms with Gasteiger partial charge in [-0.15, -0.1) is 13.2 Å². The van der Waals surface area contributed by atoms with Crippen molar-refractivity contribution in [3.8, 4) is 0 Å². The molecule has 0 fully saturated rings. The summed E-state index contributed by atoms with van der Waals surface area (Å²) in [4.78, 5) is 0. The fourth-order valence-electron chi connectivity index (χ4n) is 0.577. The number of rotatable bonds is 5. The van der Waals surface area contributed by atoms with E-state index in [1.54, 1.807) is 12.2 Å². The molecule has 0 saturated carbocycles. The van der Waals surface area contributed by atoms with Crippen molar-refractivity contribution in [2.45, 2.75) is 39.5 Å². The number of hydrogen-bond acceptors (Lipinski definition) is 2. The molecule has 0 aromatic heterocycles. The van der Waals surface area contributed by atoms with Gasteiger partial charge >= 0.3 is 0 Å². The zero-order valence-electron chi connectivity index (χ0n) is 9.71. The second-order valence-electron chi connectivity index (χ2n) is 2.68. The van der Waals surface area contributed by atoms with Gasteiger partial charge in [-0.3, -0.25) is 0 Å². The van der Waals surface area contributed by atoms with Crippen molar-refractivity contribution in [3.63, 3.8) is 0 Å². The number of hydrogen-bond donors (Lipinski definition) is 2. The van der Waals surface area contributed by atoms with Crippen molar-refractivity contribution in [2.24, 2.45) is 0 Å². The largest absolute Gasteiger partial charge is 0.396 e. The van der Waals surface area contributed by atoms with E-state index in [0.717, 1.165) is 25.7 Å². The van der Waals surface area contributed by atoms with Crippen LogP contribution in [0.5, 0.6) is 0 Å². The Kier molecular flexibility index (Phi) is 40.0. The molecule has 2 heteroatoms. The lowest BCUT2D eigenvalue weighted by molar-refractivity contribution is 0.265. The van der Waals surface area contributed by atoms with E-state index >= 15 is 0 Å². The van der Waals surface area contributed by atoms with Crippen LogP contribution in [0.3, 0.4) is 0 Å². The van der Waals surface area contributed by atoms with Crippen LogP contribution in [-0.4, -0.2) is 23.4 Å². The molecule has 0 unspecified atom stereocenters. The predicted molar refractivity (Wildman–Crippen MR) is 64.4 cm³/mol. The van der Waals surface area contributed by atoms with Crippen molar-refractivity contribution >= 4 is 0 Å². The topological polar surface area (TPSA) is 40.5 Å². The Morgan fingerprint density at radius 3 is 1.14 bits per heavy atom. The van der Waals surface area contributed by atoms with Gasteiger partial charge in [-0.2, -0.15) is 0 Å². The normalized spacial score (nSPS) is 7.43. The Labute approximate surface area is 89.0 Å². The molecule has 0 rings (SSSR count). The van der Waals surface area contributed by atoms with E-state index in [9.17, 15) is 0 Å². The van der Waals surface area contributed by atoms with Crippen LogP contribution in [-0.2, 0) is 0 Å². The Morgan fingerprint density at radius 1 is 0.786 bits per heavy atom. The molecular weight excluding hydrogens is 176 g/mol. The van der Waals surface area contributed by atoms with Crippen LogP contribution in [0.1, 0.15) is 39.5 Å². The molecule has 0 aromatic carbocycles. The van der Waals surface area contributed by atoms with Gasteiger partial charge in [0, 0.05) is 13.2 Å². The van der Waals surface area contributed by atoms with Crippen LogP contribution < -0.4 is 0 Å². The van der Waals surface area contributed by atoms with Crippen LogP contribution in [0.15, 0.2) is 25.3 Å². The quantitative estimate of drug-likeness (QED) is 0.531. The summed E-state index contributed by atoms with van der Waals surface area (Å²) in [6.07, 6.45) is 7.33. The summed E-state index contributed by atoms with van der Waals surface area (Å²) >= 11 is 0. The molecule has 86 valence electrons. The summed E-state index contributed by atoms with van der Waals surface area (Å²) in [7, 11) is 0. The molecule has 0 aliphatic heterocycles. The van der Waals surface area contributed by atoms with Crippen molar-refractivity contribution in [2.75, 3.05) is 13.2 Å². The molecule has 2 nitrogen and oxygen atoms in total. The highest BCUT2D eigenvalue weighted by molar-refractivity contribution is 4.52. The van der Waals surface area contributed by atoms with Gasteiger partial charge in [0.15, 0.2) is 0 Å². The van der Waals surface area contributed by atoms with E-state index in [1.807, 2.05) is 13.8 Å². The van der Waals surface area contributed by atoms with E-state index in [-0.39, 0.29) is 13.2 Å². The first-order chi connectivity index (χ1) is 6.74. The van der Waals surface area contributed by atoms with Gasteiger partial charge in [0.25, 0.3) is 0 Å². The fourth-order valence-corrected chi connectivity index (χ4v) is 0.577. The molecule has 0 atom stereocenters. The summed E-state index contributed by atoms with van der Waals surface area (Å²) in [5, 5.41) is 16.6. The smallest absolute Gasteiger partial charge is 0.0431 e. The molecular formula is C12H26O2. The summed E-state index contributed by atoms with van der Waals surface area (Å²) < 4.78 is 0. The summed E-state index contributed by atoms with van der Waals surface area (Å²) in [5.41, 5.74) is 0. The minimum atomic E-state index is 0.283. The Hall–Kier alpha value is -0.600. The van der Waals surface area contributed by atoms with Crippen LogP contribution >= 0.6 is 0 Å². The second-order valence-corrected chi connectivity index (χ2v) is 2.68. The van der Waals surface area contributed by atoms with E-state index in [2.05, 4.69) is 13.2 Å². The maximum Gasteiger partial charge on any atom is 0.0431 e. The van der Waals surface area contributed by atoms with E-state index in [1.165, 1.54) is 0 Å². The minimum absolute atomic E-state index is 0.283. The van der Waals surface area contributed by atoms with Crippen LogP contribution in [0.2, 0.25) is 0 Å².